The summed E-state index contributed by atoms with van der Waals surface area (Å²) in [5, 5.41) is 0. The van der Waals surface area contributed by atoms with Gasteiger partial charge >= 0.3 is 0 Å². The van der Waals surface area contributed by atoms with Crippen LogP contribution in [0.15, 0.2) is 12.4 Å². The number of carbonyl (C=O) groups excluding carboxylic acids is 1. The molecule has 0 aliphatic carbocycles. The van der Waals surface area contributed by atoms with Crippen LogP contribution in [0.25, 0.3) is 0 Å². The molecule has 0 spiro atoms. The molecule has 0 heterocycles. The molecule has 0 unspecified atom stereocenters. The molecule has 0 saturated heterocycles. The normalized spacial score (nSPS) is 9.88. The first kappa shape index (κ1) is 7.14. The monoisotopic (exact) mass is 117 g/mol. The molecule has 8 heavy (non-hydrogen) atoms. The first-order valence-electron chi connectivity index (χ1n) is 2.16. The van der Waals surface area contributed by atoms with Crippen molar-refractivity contribution in [1.29, 1.82) is 0 Å². The van der Waals surface area contributed by atoms with Gasteiger partial charge in [0.15, 0.2) is 0 Å². The predicted octanol–water partition coefficient (Wildman–Crippen LogP) is 0.558. The minimum atomic E-state index is -0.340. The van der Waals surface area contributed by atoms with Crippen molar-refractivity contribution in [1.82, 2.24) is 4.90 Å². The van der Waals surface area contributed by atoms with Crippen molar-refractivity contribution in [2.24, 2.45) is 0 Å². The van der Waals surface area contributed by atoms with Crippen molar-refractivity contribution in [3.05, 3.63) is 12.4 Å². The summed E-state index contributed by atoms with van der Waals surface area (Å²) in [6.45, 7) is 0. The van der Waals surface area contributed by atoms with Gasteiger partial charge in [0, 0.05) is 20.2 Å². The van der Waals surface area contributed by atoms with Gasteiger partial charge in [-0.25, -0.2) is 4.39 Å². The first-order valence-corrected chi connectivity index (χ1v) is 2.16. The fourth-order valence-electron chi connectivity index (χ4n) is 0.203. The summed E-state index contributed by atoms with van der Waals surface area (Å²) in [5.41, 5.74) is 0. The second-order valence-corrected chi connectivity index (χ2v) is 1.53. The molecule has 0 saturated carbocycles. The van der Waals surface area contributed by atoms with E-state index in [9.17, 15) is 9.18 Å². The van der Waals surface area contributed by atoms with Crippen LogP contribution in [0.3, 0.4) is 0 Å². The van der Waals surface area contributed by atoms with E-state index in [4.69, 9.17) is 0 Å². The Morgan fingerprint density at radius 1 is 1.62 bits per heavy atom. The predicted molar refractivity (Wildman–Crippen MR) is 28.9 cm³/mol. The Morgan fingerprint density at radius 2 is 2.12 bits per heavy atom. The van der Waals surface area contributed by atoms with E-state index in [2.05, 4.69) is 0 Å². The van der Waals surface area contributed by atoms with E-state index in [-0.39, 0.29) is 12.2 Å². The molecule has 0 radical (unpaired) electrons. The molecule has 2 nitrogen and oxygen atoms in total. The van der Waals surface area contributed by atoms with Gasteiger partial charge in [-0.15, -0.1) is 0 Å². The molecule has 0 aliphatic rings. The van der Waals surface area contributed by atoms with Crippen LogP contribution in [0.4, 0.5) is 4.39 Å². The number of halogens is 1. The standard InChI is InChI=1S/C5H8FNO/c1-7(2)5(8)3-4-6/h3-4H,1-2H3. The number of rotatable bonds is 1. The largest absolute Gasteiger partial charge is 0.345 e. The molecule has 0 rings (SSSR count). The highest BCUT2D eigenvalue weighted by Crippen LogP contribution is 1.80. The van der Waals surface area contributed by atoms with E-state index in [0.29, 0.717) is 0 Å². The van der Waals surface area contributed by atoms with Gasteiger partial charge in [-0.05, 0) is 0 Å². The minimum absolute atomic E-state index is 0.225. The van der Waals surface area contributed by atoms with Crippen molar-refractivity contribution in [2.75, 3.05) is 14.1 Å². The first-order chi connectivity index (χ1) is 3.68. The maximum absolute atomic E-state index is 11.2. The molecule has 0 atom stereocenters. The number of nitrogens with zero attached hydrogens (tertiary/aromatic N) is 1. The van der Waals surface area contributed by atoms with E-state index < -0.39 is 0 Å². The molecule has 0 N–H and O–H groups in total. The molecular formula is C5H8FNO. The Labute approximate surface area is 47.6 Å². The number of hydrogen-bond acceptors (Lipinski definition) is 1. The van der Waals surface area contributed by atoms with Gasteiger partial charge in [0.05, 0.1) is 6.33 Å². The Hall–Kier alpha value is -0.860. The summed E-state index contributed by atoms with van der Waals surface area (Å²) in [7, 11) is 3.12. The zero-order valence-electron chi connectivity index (χ0n) is 4.89. The highest BCUT2D eigenvalue weighted by Gasteiger charge is 1.94. The van der Waals surface area contributed by atoms with Crippen LogP contribution in [0, 0.1) is 0 Å². The molecule has 0 aromatic rings. The van der Waals surface area contributed by atoms with Crippen LogP contribution in [-0.2, 0) is 4.79 Å². The summed E-state index contributed by atoms with van der Waals surface area (Å²) < 4.78 is 11.2. The topological polar surface area (TPSA) is 20.3 Å². The van der Waals surface area contributed by atoms with E-state index in [1.54, 1.807) is 14.1 Å². The van der Waals surface area contributed by atoms with Gasteiger partial charge in [0.1, 0.15) is 0 Å². The zero-order chi connectivity index (χ0) is 6.57. The summed E-state index contributed by atoms with van der Waals surface area (Å²) in [5.74, 6) is -0.340. The fourth-order valence-corrected chi connectivity index (χ4v) is 0.203. The molecule has 46 valence electrons. The SMILES string of the molecule is CN(C)C(=O)C=CF. The molecule has 0 aromatic carbocycles. The van der Waals surface area contributed by atoms with Crippen molar-refractivity contribution in [2.45, 2.75) is 0 Å². The molecule has 1 amide bonds. The summed E-state index contributed by atoms with van der Waals surface area (Å²) in [6.07, 6.45) is 1.09. The third kappa shape index (κ3) is 2.34. The van der Waals surface area contributed by atoms with E-state index >= 15 is 0 Å². The van der Waals surface area contributed by atoms with Crippen molar-refractivity contribution in [3.63, 3.8) is 0 Å². The third-order valence-corrected chi connectivity index (χ3v) is 0.646. The van der Waals surface area contributed by atoms with Crippen LogP contribution < -0.4 is 0 Å². The maximum atomic E-state index is 11.2. The molecule has 0 bridgehead atoms. The lowest BCUT2D eigenvalue weighted by atomic mass is 10.5. The smallest absolute Gasteiger partial charge is 0.248 e. The Balaban J connectivity index is 3.66. The Bertz CT molecular complexity index is 109. The van der Waals surface area contributed by atoms with Gasteiger partial charge in [-0.3, -0.25) is 4.79 Å². The number of carbonyl (C=O) groups is 1. The van der Waals surface area contributed by atoms with E-state index in [1.165, 1.54) is 4.90 Å². The summed E-state index contributed by atoms with van der Waals surface area (Å²) in [6, 6.07) is 0. The minimum Gasteiger partial charge on any atom is -0.345 e. The highest BCUT2D eigenvalue weighted by atomic mass is 19.1. The molecule has 3 heteroatoms. The lowest BCUT2D eigenvalue weighted by molar-refractivity contribution is -0.123. The van der Waals surface area contributed by atoms with Gasteiger partial charge in [-0.1, -0.05) is 0 Å². The molecular weight excluding hydrogens is 109 g/mol. The highest BCUT2D eigenvalue weighted by molar-refractivity contribution is 5.86. The molecule has 0 fully saturated rings. The second-order valence-electron chi connectivity index (χ2n) is 1.53. The lowest BCUT2D eigenvalue weighted by Gasteiger charge is -2.03. The quantitative estimate of drug-likeness (QED) is 0.459. The van der Waals surface area contributed by atoms with Crippen LogP contribution in [0.2, 0.25) is 0 Å². The number of likely N-dealkylation sites (N-methyl/N-ethyl adjacent to an activating group) is 1. The summed E-state index contributed by atoms with van der Waals surface area (Å²) >= 11 is 0. The lowest BCUT2D eigenvalue weighted by Crippen LogP contribution is -2.18. The summed E-state index contributed by atoms with van der Waals surface area (Å²) in [4.78, 5) is 11.6. The maximum Gasteiger partial charge on any atom is 0.248 e. The van der Waals surface area contributed by atoms with Gasteiger partial charge < -0.3 is 4.90 Å². The second kappa shape index (κ2) is 3.18. The fraction of sp³-hybridized carbons (Fsp3) is 0.400. The Kier molecular flexibility index (Phi) is 2.84. The number of hydrogen-bond donors (Lipinski definition) is 0. The van der Waals surface area contributed by atoms with Gasteiger partial charge in [0.2, 0.25) is 5.91 Å². The Morgan fingerprint density at radius 3 is 2.25 bits per heavy atom. The van der Waals surface area contributed by atoms with Crippen LogP contribution in [0.5, 0.6) is 0 Å². The van der Waals surface area contributed by atoms with Crippen LogP contribution >= 0.6 is 0 Å². The molecule has 0 aromatic heterocycles. The van der Waals surface area contributed by atoms with Gasteiger partial charge in [-0.2, -0.15) is 0 Å². The molecule has 0 aliphatic heterocycles. The number of amides is 1. The zero-order valence-corrected chi connectivity index (χ0v) is 4.89. The average Bonchev–Trinajstić information content (AvgIpc) is 1.67. The van der Waals surface area contributed by atoms with Crippen molar-refractivity contribution < 1.29 is 9.18 Å². The average molecular weight is 117 g/mol. The van der Waals surface area contributed by atoms with Crippen LogP contribution in [0.1, 0.15) is 0 Å². The van der Waals surface area contributed by atoms with Gasteiger partial charge in [0.25, 0.3) is 0 Å². The van der Waals surface area contributed by atoms with E-state index in [1.807, 2.05) is 0 Å². The van der Waals surface area contributed by atoms with Crippen LogP contribution in [-0.4, -0.2) is 24.9 Å². The third-order valence-electron chi connectivity index (χ3n) is 0.646. The van der Waals surface area contributed by atoms with Crippen molar-refractivity contribution in [3.8, 4) is 0 Å². The van der Waals surface area contributed by atoms with Crippen molar-refractivity contribution >= 4 is 5.91 Å². The van der Waals surface area contributed by atoms with E-state index in [0.717, 1.165) is 6.08 Å².